The molecule has 0 saturated carbocycles. The van der Waals surface area contributed by atoms with E-state index in [9.17, 15) is 0 Å². The summed E-state index contributed by atoms with van der Waals surface area (Å²) in [5.41, 5.74) is 5.25. The normalized spacial score (nSPS) is 12.9. The third-order valence-electron chi connectivity index (χ3n) is 7.36. The summed E-state index contributed by atoms with van der Waals surface area (Å²) in [5, 5.41) is 2.35. The van der Waals surface area contributed by atoms with Crippen molar-refractivity contribution in [1.82, 2.24) is 9.97 Å². The van der Waals surface area contributed by atoms with Crippen molar-refractivity contribution in [2.45, 2.75) is 78.1 Å². The Morgan fingerprint density at radius 3 is 1.80 bits per heavy atom. The van der Waals surface area contributed by atoms with Gasteiger partial charge in [0.15, 0.2) is 0 Å². The smallest absolute Gasteiger partial charge is 0.124 e. The Labute approximate surface area is 188 Å². The lowest BCUT2D eigenvalue weighted by Crippen LogP contribution is -2.19. The van der Waals surface area contributed by atoms with E-state index in [2.05, 4.69) is 77.9 Å². The molecule has 2 aromatic carbocycles. The third kappa shape index (κ3) is 3.58. The maximum Gasteiger partial charge on any atom is 0.124 e. The van der Waals surface area contributed by atoms with Crippen LogP contribution in [0.25, 0.3) is 31.0 Å². The molecule has 0 spiro atoms. The zero-order valence-corrected chi connectivity index (χ0v) is 20.6. The molecule has 30 heavy (non-hydrogen) atoms. The molecule has 0 fully saturated rings. The van der Waals surface area contributed by atoms with Gasteiger partial charge in [0.2, 0.25) is 0 Å². The van der Waals surface area contributed by atoms with Gasteiger partial charge in [-0.05, 0) is 48.8 Å². The Balaban J connectivity index is 1.70. The Morgan fingerprint density at radius 2 is 1.23 bits per heavy atom. The van der Waals surface area contributed by atoms with Gasteiger partial charge in [-0.3, -0.25) is 0 Å². The topological polar surface area (TPSA) is 25.8 Å². The van der Waals surface area contributed by atoms with Gasteiger partial charge in [0, 0.05) is 11.0 Å². The van der Waals surface area contributed by atoms with E-state index in [4.69, 9.17) is 9.97 Å². The van der Waals surface area contributed by atoms with Gasteiger partial charge in [-0.15, -0.1) is 22.7 Å². The number of nitrogens with zero attached hydrogens (tertiary/aromatic N) is 2. The van der Waals surface area contributed by atoms with E-state index in [0.29, 0.717) is 0 Å². The van der Waals surface area contributed by atoms with Gasteiger partial charge in [-0.25, -0.2) is 9.97 Å². The summed E-state index contributed by atoms with van der Waals surface area (Å²) in [6, 6.07) is 13.5. The van der Waals surface area contributed by atoms with Crippen LogP contribution in [0.5, 0.6) is 0 Å². The number of hydrogen-bond donors (Lipinski definition) is 0. The van der Waals surface area contributed by atoms with Crippen molar-refractivity contribution in [3.05, 3.63) is 47.0 Å². The SMILES string of the molecule is CCC(C)(CC)c1ccc(-c2nc3cc4sc(C(C)(CC)CC)nc4cc3s2)cc1. The maximum absolute atomic E-state index is 5.01. The molecule has 0 bridgehead atoms. The summed E-state index contributed by atoms with van der Waals surface area (Å²) < 4.78 is 2.47. The van der Waals surface area contributed by atoms with Crippen LogP contribution in [-0.2, 0) is 10.8 Å². The maximum atomic E-state index is 5.01. The van der Waals surface area contributed by atoms with Crippen molar-refractivity contribution < 1.29 is 0 Å². The third-order valence-corrected chi connectivity index (χ3v) is 9.76. The quantitative estimate of drug-likeness (QED) is 0.289. The standard InChI is InChI=1S/C26H32N2S2/c1-7-25(5,8-2)18-13-11-17(12-14-18)23-27-19-15-22-20(16-21(19)29-23)28-24(30-22)26(6,9-3)10-4/h11-16H,7-10H2,1-6H3. The van der Waals surface area contributed by atoms with E-state index in [0.717, 1.165) is 41.7 Å². The van der Waals surface area contributed by atoms with Crippen LogP contribution in [0.4, 0.5) is 0 Å². The molecule has 0 aliphatic heterocycles. The van der Waals surface area contributed by atoms with Gasteiger partial charge < -0.3 is 0 Å². The second-order valence-corrected chi connectivity index (χ2v) is 11.0. The molecule has 0 aliphatic carbocycles. The average molecular weight is 437 g/mol. The van der Waals surface area contributed by atoms with Gasteiger partial charge in [-0.1, -0.05) is 65.8 Å². The molecule has 0 unspecified atom stereocenters. The fourth-order valence-corrected chi connectivity index (χ4v) is 6.21. The van der Waals surface area contributed by atoms with Crippen LogP contribution in [0.15, 0.2) is 36.4 Å². The van der Waals surface area contributed by atoms with Gasteiger partial charge in [0.25, 0.3) is 0 Å². The molecule has 2 nitrogen and oxygen atoms in total. The molecule has 0 amide bonds. The molecule has 2 aromatic heterocycles. The van der Waals surface area contributed by atoms with Crippen molar-refractivity contribution >= 4 is 43.1 Å². The van der Waals surface area contributed by atoms with Gasteiger partial charge in [0.05, 0.1) is 25.4 Å². The van der Waals surface area contributed by atoms with E-state index in [1.165, 1.54) is 25.5 Å². The molecule has 0 saturated heterocycles. The highest BCUT2D eigenvalue weighted by Crippen LogP contribution is 2.40. The summed E-state index contributed by atoms with van der Waals surface area (Å²) in [4.78, 5) is 9.99. The van der Waals surface area contributed by atoms with Crippen molar-refractivity contribution in [3.63, 3.8) is 0 Å². The molecular formula is C26H32N2S2. The van der Waals surface area contributed by atoms with Crippen LogP contribution in [0, 0.1) is 0 Å². The van der Waals surface area contributed by atoms with E-state index >= 15 is 0 Å². The summed E-state index contributed by atoms with van der Waals surface area (Å²) in [6.07, 6.45) is 4.55. The van der Waals surface area contributed by atoms with E-state index in [1.807, 2.05) is 11.3 Å². The zero-order chi connectivity index (χ0) is 21.5. The lowest BCUT2D eigenvalue weighted by atomic mass is 9.78. The number of thiazole rings is 2. The van der Waals surface area contributed by atoms with Crippen LogP contribution >= 0.6 is 22.7 Å². The predicted octanol–water partition coefficient (Wildman–Crippen LogP) is 8.73. The van der Waals surface area contributed by atoms with Gasteiger partial charge in [-0.2, -0.15) is 0 Å². The Morgan fingerprint density at radius 1 is 0.700 bits per heavy atom. The second-order valence-electron chi connectivity index (χ2n) is 8.94. The highest BCUT2D eigenvalue weighted by molar-refractivity contribution is 7.22. The first kappa shape index (κ1) is 21.5. The lowest BCUT2D eigenvalue weighted by Gasteiger charge is -2.27. The number of aromatic nitrogens is 2. The van der Waals surface area contributed by atoms with Crippen LogP contribution in [0.1, 0.15) is 77.8 Å². The predicted molar refractivity (Wildman–Crippen MR) is 134 cm³/mol. The number of benzene rings is 2. The highest BCUT2D eigenvalue weighted by Gasteiger charge is 2.26. The first-order valence-corrected chi connectivity index (χ1v) is 12.8. The second kappa shape index (κ2) is 8.05. The van der Waals surface area contributed by atoms with Gasteiger partial charge in [0.1, 0.15) is 5.01 Å². The molecule has 0 radical (unpaired) electrons. The minimum atomic E-state index is 0.170. The molecule has 4 aromatic rings. The molecule has 0 atom stereocenters. The zero-order valence-electron chi connectivity index (χ0n) is 19.0. The Bertz CT molecular complexity index is 1110. The van der Waals surface area contributed by atoms with Crippen LogP contribution in [-0.4, -0.2) is 9.97 Å². The summed E-state index contributed by atoms with van der Waals surface area (Å²) in [6.45, 7) is 13.8. The molecule has 158 valence electrons. The summed E-state index contributed by atoms with van der Waals surface area (Å²) in [7, 11) is 0. The summed E-state index contributed by atoms with van der Waals surface area (Å²) >= 11 is 3.61. The first-order valence-electron chi connectivity index (χ1n) is 11.2. The van der Waals surface area contributed by atoms with E-state index in [-0.39, 0.29) is 10.8 Å². The minimum Gasteiger partial charge on any atom is -0.241 e. The Kier molecular flexibility index (Phi) is 5.75. The van der Waals surface area contributed by atoms with Crippen LogP contribution in [0.2, 0.25) is 0 Å². The molecule has 2 heterocycles. The first-order chi connectivity index (χ1) is 14.4. The minimum absolute atomic E-state index is 0.170. The molecule has 0 N–H and O–H groups in total. The molecule has 0 aliphatic rings. The summed E-state index contributed by atoms with van der Waals surface area (Å²) in [5.74, 6) is 0. The molecule has 4 heteroatoms. The average Bonchev–Trinajstić information content (AvgIpc) is 3.39. The van der Waals surface area contributed by atoms with Crippen molar-refractivity contribution in [2.24, 2.45) is 0 Å². The fraction of sp³-hybridized carbons (Fsp3) is 0.462. The number of fused-ring (bicyclic) bond motifs is 2. The highest BCUT2D eigenvalue weighted by atomic mass is 32.1. The largest absolute Gasteiger partial charge is 0.241 e. The van der Waals surface area contributed by atoms with E-state index < -0.39 is 0 Å². The number of rotatable bonds is 7. The molecular weight excluding hydrogens is 404 g/mol. The van der Waals surface area contributed by atoms with Crippen molar-refractivity contribution in [3.8, 4) is 10.6 Å². The lowest BCUT2D eigenvalue weighted by molar-refractivity contribution is 0.437. The van der Waals surface area contributed by atoms with Crippen LogP contribution < -0.4 is 0 Å². The molecule has 4 rings (SSSR count). The Hall–Kier alpha value is -1.78. The van der Waals surface area contributed by atoms with Gasteiger partial charge >= 0.3 is 0 Å². The van der Waals surface area contributed by atoms with Crippen molar-refractivity contribution in [2.75, 3.05) is 0 Å². The van der Waals surface area contributed by atoms with Crippen LogP contribution in [0.3, 0.4) is 0 Å². The number of hydrogen-bond acceptors (Lipinski definition) is 4. The van der Waals surface area contributed by atoms with E-state index in [1.54, 1.807) is 11.3 Å². The van der Waals surface area contributed by atoms with Crippen molar-refractivity contribution in [1.29, 1.82) is 0 Å². The fourth-order valence-electron chi connectivity index (χ4n) is 3.96. The monoisotopic (exact) mass is 436 g/mol.